The molecule has 7 rings (SSSR count). The molecule has 46 heavy (non-hydrogen) atoms. The molecule has 4 aliphatic rings. The van der Waals surface area contributed by atoms with E-state index in [0.717, 1.165) is 49.8 Å². The van der Waals surface area contributed by atoms with Gasteiger partial charge in [0.15, 0.2) is 5.82 Å². The SMILES string of the molecule is C=CC(=O)N1CCN(c2nc(OCC34CCCN3C[C@H](F)C4)nc3c(F)c(-c4cncc5c4CCCC5)c(F)cc23)C[C@@H]1CC#N. The number of benzene rings is 1. The molecule has 240 valence electrons. The van der Waals surface area contributed by atoms with Crippen LogP contribution in [0.25, 0.3) is 22.0 Å². The summed E-state index contributed by atoms with van der Waals surface area (Å²) in [5.41, 5.74) is 1.55. The van der Waals surface area contributed by atoms with Crippen LogP contribution in [-0.4, -0.2) is 87.7 Å². The van der Waals surface area contributed by atoms with Gasteiger partial charge in [0.05, 0.1) is 29.6 Å². The molecule has 0 N–H and O–H groups in total. The molecule has 5 heterocycles. The fourth-order valence-electron chi connectivity index (χ4n) is 7.97. The number of hydrogen-bond donors (Lipinski definition) is 0. The number of halogens is 3. The number of ether oxygens (including phenoxy) is 1. The van der Waals surface area contributed by atoms with Gasteiger partial charge in [-0.15, -0.1) is 0 Å². The highest BCUT2D eigenvalue weighted by molar-refractivity contribution is 5.94. The zero-order chi connectivity index (χ0) is 32.0. The van der Waals surface area contributed by atoms with Gasteiger partial charge in [-0.2, -0.15) is 15.2 Å². The summed E-state index contributed by atoms with van der Waals surface area (Å²) >= 11 is 0. The third-order valence-electron chi connectivity index (χ3n) is 10.2. The maximum absolute atomic E-state index is 16.7. The average molecular weight is 632 g/mol. The minimum absolute atomic E-state index is 0.0597. The largest absolute Gasteiger partial charge is 0.461 e. The Morgan fingerprint density at radius 1 is 1.15 bits per heavy atom. The lowest BCUT2D eigenvalue weighted by atomic mass is 9.87. The molecule has 1 amide bonds. The first-order valence-corrected chi connectivity index (χ1v) is 16.0. The predicted molar refractivity (Wildman–Crippen MR) is 166 cm³/mol. The summed E-state index contributed by atoms with van der Waals surface area (Å²) in [5, 5.41) is 9.67. The summed E-state index contributed by atoms with van der Waals surface area (Å²) < 4.78 is 53.5. The van der Waals surface area contributed by atoms with Crippen LogP contribution in [-0.2, 0) is 17.6 Å². The van der Waals surface area contributed by atoms with E-state index in [1.807, 2.05) is 4.90 Å². The Bertz CT molecular complexity index is 1750. The second-order valence-electron chi connectivity index (χ2n) is 12.9. The third kappa shape index (κ3) is 5.24. The molecule has 0 radical (unpaired) electrons. The normalized spacial score (nSPS) is 24.5. The van der Waals surface area contributed by atoms with Gasteiger partial charge in [0.2, 0.25) is 5.91 Å². The highest BCUT2D eigenvalue weighted by Crippen LogP contribution is 2.42. The van der Waals surface area contributed by atoms with E-state index in [1.54, 1.807) is 11.1 Å². The van der Waals surface area contributed by atoms with Crippen molar-refractivity contribution in [1.29, 1.82) is 5.26 Å². The smallest absolute Gasteiger partial charge is 0.319 e. The fourth-order valence-corrected chi connectivity index (χ4v) is 7.97. The van der Waals surface area contributed by atoms with Crippen LogP contribution >= 0.6 is 0 Å². The van der Waals surface area contributed by atoms with Gasteiger partial charge in [-0.05, 0) is 68.3 Å². The summed E-state index contributed by atoms with van der Waals surface area (Å²) in [7, 11) is 0. The van der Waals surface area contributed by atoms with Crippen LogP contribution < -0.4 is 9.64 Å². The van der Waals surface area contributed by atoms with Crippen LogP contribution in [0.1, 0.15) is 49.7 Å². The zero-order valence-electron chi connectivity index (χ0n) is 25.7. The Labute approximate surface area is 265 Å². The lowest BCUT2D eigenvalue weighted by molar-refractivity contribution is -0.128. The van der Waals surface area contributed by atoms with Gasteiger partial charge in [0, 0.05) is 55.9 Å². The van der Waals surface area contributed by atoms with E-state index in [2.05, 4.69) is 32.5 Å². The number of anilines is 1. The van der Waals surface area contributed by atoms with E-state index in [9.17, 15) is 14.4 Å². The number of hydrogen-bond acceptors (Lipinski definition) is 8. The van der Waals surface area contributed by atoms with Crippen molar-refractivity contribution in [2.24, 2.45) is 0 Å². The maximum atomic E-state index is 16.7. The molecule has 0 saturated carbocycles. The molecular weight excluding hydrogens is 595 g/mol. The molecule has 12 heteroatoms. The van der Waals surface area contributed by atoms with Gasteiger partial charge >= 0.3 is 6.01 Å². The Kier molecular flexibility index (Phi) is 8.05. The van der Waals surface area contributed by atoms with E-state index in [1.165, 1.54) is 18.3 Å². The number of pyridine rings is 1. The second kappa shape index (κ2) is 12.2. The number of aryl methyl sites for hydroxylation is 1. The lowest BCUT2D eigenvalue weighted by Gasteiger charge is -2.41. The van der Waals surface area contributed by atoms with Crippen molar-refractivity contribution in [1.82, 2.24) is 24.8 Å². The number of fused-ring (bicyclic) bond motifs is 3. The molecule has 1 unspecified atom stereocenters. The first-order chi connectivity index (χ1) is 22.3. The number of aromatic nitrogens is 3. The van der Waals surface area contributed by atoms with Crippen molar-refractivity contribution in [2.75, 3.05) is 44.2 Å². The number of nitriles is 1. The molecule has 0 bridgehead atoms. The number of piperazine rings is 1. The number of amides is 1. The summed E-state index contributed by atoms with van der Waals surface area (Å²) in [5.74, 6) is -1.62. The summed E-state index contributed by atoms with van der Waals surface area (Å²) in [6.45, 7) is 5.64. The van der Waals surface area contributed by atoms with Gasteiger partial charge in [0.25, 0.3) is 0 Å². The molecule has 3 fully saturated rings. The Hall–Kier alpha value is -4.24. The molecule has 1 aromatic carbocycles. The summed E-state index contributed by atoms with van der Waals surface area (Å²) in [4.78, 5) is 31.6. The molecule has 1 aliphatic carbocycles. The van der Waals surface area contributed by atoms with Gasteiger partial charge in [-0.25, -0.2) is 13.2 Å². The Balaban J connectivity index is 1.33. The van der Waals surface area contributed by atoms with Crippen molar-refractivity contribution < 1.29 is 22.7 Å². The molecule has 2 aromatic heterocycles. The average Bonchev–Trinajstić information content (AvgIpc) is 3.59. The topological polar surface area (TPSA) is 98.5 Å². The molecule has 0 spiro atoms. The third-order valence-corrected chi connectivity index (χ3v) is 10.2. The molecule has 9 nitrogen and oxygen atoms in total. The van der Waals surface area contributed by atoms with E-state index < -0.39 is 29.4 Å². The van der Waals surface area contributed by atoms with Crippen LogP contribution in [0.2, 0.25) is 0 Å². The lowest BCUT2D eigenvalue weighted by Crippen LogP contribution is -2.55. The van der Waals surface area contributed by atoms with Crippen molar-refractivity contribution in [2.45, 2.75) is 69.1 Å². The Morgan fingerprint density at radius 3 is 2.83 bits per heavy atom. The van der Waals surface area contributed by atoms with E-state index in [-0.39, 0.29) is 60.3 Å². The van der Waals surface area contributed by atoms with Gasteiger partial charge < -0.3 is 14.5 Å². The zero-order valence-corrected chi connectivity index (χ0v) is 25.7. The van der Waals surface area contributed by atoms with E-state index in [4.69, 9.17) is 4.74 Å². The molecule has 3 saturated heterocycles. The first kappa shape index (κ1) is 30.4. The number of rotatable bonds is 7. The van der Waals surface area contributed by atoms with Crippen LogP contribution in [0.3, 0.4) is 0 Å². The molecular formula is C34H36F3N7O2. The van der Waals surface area contributed by atoms with Gasteiger partial charge in [0.1, 0.15) is 29.9 Å². The van der Waals surface area contributed by atoms with Crippen molar-refractivity contribution in [3.05, 3.63) is 53.9 Å². The number of alkyl halides is 1. The number of carbonyl (C=O) groups excluding carboxylic acids is 1. The fraction of sp³-hybridized carbons (Fsp3) is 0.500. The van der Waals surface area contributed by atoms with Gasteiger partial charge in [-0.3, -0.25) is 14.7 Å². The summed E-state index contributed by atoms with van der Waals surface area (Å²) in [6, 6.07) is 2.83. The minimum atomic E-state index is -0.947. The van der Waals surface area contributed by atoms with Gasteiger partial charge in [-0.1, -0.05) is 6.58 Å². The highest BCUT2D eigenvalue weighted by atomic mass is 19.1. The van der Waals surface area contributed by atoms with Crippen LogP contribution in [0, 0.1) is 23.0 Å². The van der Waals surface area contributed by atoms with E-state index >= 15 is 8.78 Å². The van der Waals surface area contributed by atoms with Crippen LogP contribution in [0.15, 0.2) is 31.1 Å². The first-order valence-electron chi connectivity index (χ1n) is 16.0. The number of nitrogens with zero attached hydrogens (tertiary/aromatic N) is 7. The van der Waals surface area contributed by atoms with Crippen molar-refractivity contribution >= 4 is 22.6 Å². The van der Waals surface area contributed by atoms with Crippen LogP contribution in [0.4, 0.5) is 19.0 Å². The quantitative estimate of drug-likeness (QED) is 0.339. The number of carbonyl (C=O) groups is 1. The Morgan fingerprint density at radius 2 is 2.00 bits per heavy atom. The van der Waals surface area contributed by atoms with E-state index in [0.29, 0.717) is 31.5 Å². The maximum Gasteiger partial charge on any atom is 0.319 e. The van der Waals surface area contributed by atoms with Crippen LogP contribution in [0.5, 0.6) is 6.01 Å². The highest BCUT2D eigenvalue weighted by Gasteiger charge is 2.49. The van der Waals surface area contributed by atoms with Crippen molar-refractivity contribution in [3.63, 3.8) is 0 Å². The predicted octanol–water partition coefficient (Wildman–Crippen LogP) is 4.92. The molecule has 3 atom stereocenters. The van der Waals surface area contributed by atoms with Crippen molar-refractivity contribution in [3.8, 4) is 23.2 Å². The summed E-state index contributed by atoms with van der Waals surface area (Å²) in [6.07, 6.45) is 9.10. The standard InChI is InChI=1S/C34H36F3N7O2/c1-2-28(45)44-13-12-42(19-23(44)8-10-38)32-25-14-27(36)29(26-17-39-16-21-6-3-4-7-24(21)26)30(37)31(25)40-33(41-32)46-20-34-9-5-11-43(34)18-22(35)15-34/h2,14,16-17,22-23H,1,3-9,11-13,15,18-20H2/t22-,23+,34?/m1/s1. The second-order valence-corrected chi connectivity index (χ2v) is 12.9. The molecule has 3 aromatic rings. The minimum Gasteiger partial charge on any atom is -0.461 e. The monoisotopic (exact) mass is 631 g/mol. The molecule has 3 aliphatic heterocycles.